The maximum atomic E-state index is 12.4. The third-order valence-corrected chi connectivity index (χ3v) is 4.25. The lowest BCUT2D eigenvalue weighted by Gasteiger charge is -2.09. The van der Waals surface area contributed by atoms with Crippen molar-refractivity contribution in [3.8, 4) is 0 Å². The number of nitrogens with one attached hydrogen (secondary N) is 2. The largest absolute Gasteiger partial charge is 0.606 e. The van der Waals surface area contributed by atoms with Crippen LogP contribution in [0.3, 0.4) is 0 Å². The van der Waals surface area contributed by atoms with Crippen molar-refractivity contribution < 1.29 is 4.55 Å². The van der Waals surface area contributed by atoms with Crippen LogP contribution < -0.4 is 0 Å². The molecule has 2 aromatic carbocycles. The summed E-state index contributed by atoms with van der Waals surface area (Å²) in [5, 5.41) is 0. The van der Waals surface area contributed by atoms with Gasteiger partial charge in [-0.3, -0.25) is 0 Å². The maximum Gasteiger partial charge on any atom is 0.175 e. The molecule has 3 rings (SSSR count). The Labute approximate surface area is 112 Å². The summed E-state index contributed by atoms with van der Waals surface area (Å²) in [5.74, 6) is 0. The van der Waals surface area contributed by atoms with Gasteiger partial charge in [-0.05, 0) is 36.5 Å². The summed E-state index contributed by atoms with van der Waals surface area (Å²) < 4.78 is 12.9. The molecule has 3 nitrogen and oxygen atoms in total. The SMILES string of the molecule is [O-][S+](c1ccccc1)c1ccc2[nH]c(=S)[nH]c2c1. The quantitative estimate of drug-likeness (QED) is 0.556. The molecule has 0 saturated carbocycles. The van der Waals surface area contributed by atoms with Crippen LogP contribution in [0, 0.1) is 4.77 Å². The highest BCUT2D eigenvalue weighted by atomic mass is 32.2. The molecule has 0 saturated heterocycles. The summed E-state index contributed by atoms with van der Waals surface area (Å²) in [5.41, 5.74) is 1.80. The Morgan fingerprint density at radius 1 is 0.889 bits per heavy atom. The Balaban J connectivity index is 2.06. The van der Waals surface area contributed by atoms with E-state index in [-0.39, 0.29) is 0 Å². The molecule has 1 aromatic heterocycles. The van der Waals surface area contributed by atoms with Gasteiger partial charge in [0.2, 0.25) is 0 Å². The molecule has 0 aliphatic rings. The van der Waals surface area contributed by atoms with Crippen molar-refractivity contribution in [1.82, 2.24) is 9.97 Å². The molecule has 0 amide bonds. The fourth-order valence-electron chi connectivity index (χ4n) is 1.81. The lowest BCUT2D eigenvalue weighted by atomic mass is 10.3. The van der Waals surface area contributed by atoms with E-state index in [1.807, 2.05) is 48.5 Å². The van der Waals surface area contributed by atoms with Crippen LogP contribution in [0.1, 0.15) is 0 Å². The van der Waals surface area contributed by atoms with Crippen LogP contribution in [0.25, 0.3) is 11.0 Å². The highest BCUT2D eigenvalue weighted by Crippen LogP contribution is 2.23. The average Bonchev–Trinajstić information content (AvgIpc) is 2.78. The number of aromatic nitrogens is 2. The third-order valence-electron chi connectivity index (χ3n) is 2.66. The second-order valence-corrected chi connectivity index (χ2v) is 5.76. The first-order valence-electron chi connectivity index (χ1n) is 5.43. The Bertz CT molecular complexity index is 733. The van der Waals surface area contributed by atoms with Gasteiger partial charge in [0.15, 0.2) is 14.6 Å². The first kappa shape index (κ1) is 11.5. The van der Waals surface area contributed by atoms with Crippen molar-refractivity contribution in [3.05, 3.63) is 53.3 Å². The van der Waals surface area contributed by atoms with Crippen molar-refractivity contribution in [3.63, 3.8) is 0 Å². The van der Waals surface area contributed by atoms with Crippen LogP contribution in [0.15, 0.2) is 58.3 Å². The van der Waals surface area contributed by atoms with E-state index >= 15 is 0 Å². The summed E-state index contributed by atoms with van der Waals surface area (Å²) >= 11 is 3.87. The van der Waals surface area contributed by atoms with Gasteiger partial charge in [-0.2, -0.15) is 0 Å². The number of hydrogen-bond acceptors (Lipinski definition) is 2. The fraction of sp³-hybridized carbons (Fsp3) is 0. The van der Waals surface area contributed by atoms with Gasteiger partial charge in [0.25, 0.3) is 0 Å². The van der Waals surface area contributed by atoms with Crippen LogP contribution in [0.4, 0.5) is 0 Å². The fourth-order valence-corrected chi connectivity index (χ4v) is 3.12. The van der Waals surface area contributed by atoms with Crippen molar-refractivity contribution in [1.29, 1.82) is 0 Å². The minimum Gasteiger partial charge on any atom is -0.606 e. The molecular formula is C13H10N2OS2. The van der Waals surface area contributed by atoms with Gasteiger partial charge >= 0.3 is 0 Å². The first-order chi connectivity index (χ1) is 8.74. The lowest BCUT2D eigenvalue weighted by molar-refractivity contribution is 0.595. The van der Waals surface area contributed by atoms with E-state index in [0.717, 1.165) is 20.8 Å². The zero-order chi connectivity index (χ0) is 12.5. The monoisotopic (exact) mass is 274 g/mol. The smallest absolute Gasteiger partial charge is 0.175 e. The normalized spacial score (nSPS) is 12.7. The van der Waals surface area contributed by atoms with Gasteiger partial charge in [-0.1, -0.05) is 18.2 Å². The number of imidazole rings is 1. The molecule has 3 aromatic rings. The number of hydrogen-bond donors (Lipinski definition) is 2. The van der Waals surface area contributed by atoms with E-state index < -0.39 is 11.2 Å². The van der Waals surface area contributed by atoms with Crippen molar-refractivity contribution in [2.24, 2.45) is 0 Å². The minimum atomic E-state index is -1.16. The van der Waals surface area contributed by atoms with Gasteiger partial charge < -0.3 is 14.5 Å². The first-order valence-corrected chi connectivity index (χ1v) is 6.99. The Morgan fingerprint density at radius 3 is 2.39 bits per heavy atom. The van der Waals surface area contributed by atoms with Crippen molar-refractivity contribution in [2.75, 3.05) is 0 Å². The molecule has 0 radical (unpaired) electrons. The summed E-state index contributed by atoms with van der Waals surface area (Å²) in [7, 11) is 0. The van der Waals surface area contributed by atoms with E-state index in [9.17, 15) is 4.55 Å². The lowest BCUT2D eigenvalue weighted by Crippen LogP contribution is -2.01. The predicted octanol–water partition coefficient (Wildman–Crippen LogP) is 3.39. The van der Waals surface area contributed by atoms with E-state index in [2.05, 4.69) is 9.97 Å². The molecule has 1 atom stereocenters. The molecule has 0 spiro atoms. The minimum absolute atomic E-state index is 0.577. The molecule has 5 heteroatoms. The van der Waals surface area contributed by atoms with Crippen LogP contribution >= 0.6 is 12.2 Å². The zero-order valence-electron chi connectivity index (χ0n) is 9.34. The van der Waals surface area contributed by atoms with E-state index in [0.29, 0.717) is 4.77 Å². The van der Waals surface area contributed by atoms with Gasteiger partial charge in [0.1, 0.15) is 0 Å². The standard InChI is InChI=1S/C13H10N2OS2/c16-18(9-4-2-1-3-5-9)10-6-7-11-12(8-10)15-13(17)14-11/h1-8H,(H2,14,15,17). The molecule has 1 heterocycles. The van der Waals surface area contributed by atoms with Crippen LogP contribution in [-0.2, 0) is 11.2 Å². The Kier molecular flexibility index (Phi) is 2.95. The highest BCUT2D eigenvalue weighted by Gasteiger charge is 2.14. The molecule has 1 unspecified atom stereocenters. The summed E-state index contributed by atoms with van der Waals surface area (Å²) in [6, 6.07) is 15.0. The Morgan fingerprint density at radius 2 is 1.61 bits per heavy atom. The molecule has 0 bridgehead atoms. The molecule has 18 heavy (non-hydrogen) atoms. The number of rotatable bonds is 2. The van der Waals surface area contributed by atoms with E-state index in [1.54, 1.807) is 0 Å². The number of H-pyrrole nitrogens is 2. The third kappa shape index (κ3) is 2.08. The zero-order valence-corrected chi connectivity index (χ0v) is 11.0. The van der Waals surface area contributed by atoms with Gasteiger partial charge in [-0.25, -0.2) is 0 Å². The van der Waals surface area contributed by atoms with Gasteiger partial charge in [-0.15, -0.1) is 0 Å². The summed E-state index contributed by atoms with van der Waals surface area (Å²) in [4.78, 5) is 7.61. The summed E-state index contributed by atoms with van der Waals surface area (Å²) in [6.07, 6.45) is 0. The maximum absolute atomic E-state index is 12.4. The van der Waals surface area contributed by atoms with Crippen molar-refractivity contribution >= 4 is 34.4 Å². The number of fused-ring (bicyclic) bond motifs is 1. The molecule has 2 N–H and O–H groups in total. The van der Waals surface area contributed by atoms with Gasteiger partial charge in [0.05, 0.1) is 11.0 Å². The molecule has 0 fully saturated rings. The van der Waals surface area contributed by atoms with Crippen LogP contribution in [0.2, 0.25) is 0 Å². The number of aromatic amines is 2. The second kappa shape index (κ2) is 4.61. The van der Waals surface area contributed by atoms with Crippen molar-refractivity contribution in [2.45, 2.75) is 9.79 Å². The topological polar surface area (TPSA) is 54.6 Å². The summed E-state index contributed by atoms with van der Waals surface area (Å²) in [6.45, 7) is 0. The van der Waals surface area contributed by atoms with Crippen LogP contribution in [0.5, 0.6) is 0 Å². The Hall–Kier alpha value is -1.56. The van der Waals surface area contributed by atoms with Gasteiger partial charge in [0, 0.05) is 17.2 Å². The predicted molar refractivity (Wildman–Crippen MR) is 74.6 cm³/mol. The molecule has 0 aliphatic heterocycles. The van der Waals surface area contributed by atoms with Crippen LogP contribution in [-0.4, -0.2) is 14.5 Å². The molecular weight excluding hydrogens is 264 g/mol. The van der Waals surface area contributed by atoms with E-state index in [4.69, 9.17) is 12.2 Å². The molecule has 0 aliphatic carbocycles. The second-order valence-electron chi connectivity index (χ2n) is 3.87. The van der Waals surface area contributed by atoms with E-state index in [1.165, 1.54) is 0 Å². The molecule has 90 valence electrons. The highest BCUT2D eigenvalue weighted by molar-refractivity contribution is 7.91. The number of benzene rings is 2. The average molecular weight is 274 g/mol.